The maximum absolute atomic E-state index is 10.8. The number of hydrogen-bond donors (Lipinski definition) is 1. The van der Waals surface area contributed by atoms with Crippen molar-refractivity contribution < 1.29 is 9.90 Å². The van der Waals surface area contributed by atoms with Gasteiger partial charge in [-0.15, -0.1) is 0 Å². The summed E-state index contributed by atoms with van der Waals surface area (Å²) >= 11 is 0. The van der Waals surface area contributed by atoms with E-state index in [9.17, 15) is 4.79 Å². The van der Waals surface area contributed by atoms with E-state index >= 15 is 0 Å². The highest BCUT2D eigenvalue weighted by molar-refractivity contribution is 5.88. The molecule has 0 fully saturated rings. The van der Waals surface area contributed by atoms with Crippen LogP contribution in [0.15, 0.2) is 36.7 Å². The van der Waals surface area contributed by atoms with E-state index in [1.807, 2.05) is 12.4 Å². The fraction of sp³-hybridized carbons (Fsp3) is 0.353. The fourth-order valence-electron chi connectivity index (χ4n) is 2.15. The lowest BCUT2D eigenvalue weighted by Crippen LogP contribution is -1.96. The lowest BCUT2D eigenvalue weighted by Gasteiger charge is -2.03. The highest BCUT2D eigenvalue weighted by atomic mass is 16.4. The second-order valence-electron chi connectivity index (χ2n) is 5.11. The molecule has 4 nitrogen and oxygen atoms in total. The summed E-state index contributed by atoms with van der Waals surface area (Å²) in [6.07, 6.45) is 9.66. The molecule has 1 aromatic carbocycles. The molecule has 1 aromatic heterocycles. The van der Waals surface area contributed by atoms with Crippen molar-refractivity contribution in [3.63, 3.8) is 0 Å². The third-order valence-electron chi connectivity index (χ3n) is 3.41. The summed E-state index contributed by atoms with van der Waals surface area (Å²) in [5.41, 5.74) is 2.25. The molecule has 2 aromatic rings. The van der Waals surface area contributed by atoms with E-state index < -0.39 is 5.97 Å². The van der Waals surface area contributed by atoms with Gasteiger partial charge >= 0.3 is 5.97 Å². The van der Waals surface area contributed by atoms with Crippen molar-refractivity contribution >= 4 is 5.97 Å². The largest absolute Gasteiger partial charge is 0.478 e. The first-order valence-electron chi connectivity index (χ1n) is 7.35. The molecule has 110 valence electrons. The molecule has 0 aliphatic rings. The molecule has 0 radical (unpaired) electrons. The first-order chi connectivity index (χ1) is 10.2. The van der Waals surface area contributed by atoms with Crippen LogP contribution in [0.2, 0.25) is 0 Å². The van der Waals surface area contributed by atoms with E-state index in [2.05, 4.69) is 16.9 Å². The zero-order chi connectivity index (χ0) is 15.1. The number of aromatic nitrogens is 2. The molecule has 0 atom stereocenters. The summed E-state index contributed by atoms with van der Waals surface area (Å²) in [5.74, 6) is -0.297. The third-order valence-corrected chi connectivity index (χ3v) is 3.41. The first-order valence-corrected chi connectivity index (χ1v) is 7.35. The summed E-state index contributed by atoms with van der Waals surface area (Å²) in [7, 11) is 0. The molecule has 0 saturated carbocycles. The number of carboxylic acids is 1. The summed E-state index contributed by atoms with van der Waals surface area (Å²) in [5, 5.41) is 8.87. The zero-order valence-electron chi connectivity index (χ0n) is 12.2. The van der Waals surface area contributed by atoms with E-state index in [0.29, 0.717) is 5.82 Å². The monoisotopic (exact) mass is 284 g/mol. The average molecular weight is 284 g/mol. The Hall–Kier alpha value is -2.23. The number of aromatic carboxylic acids is 1. The Morgan fingerprint density at radius 1 is 1.05 bits per heavy atom. The number of aryl methyl sites for hydroxylation is 1. The van der Waals surface area contributed by atoms with Gasteiger partial charge in [0.25, 0.3) is 0 Å². The predicted molar refractivity (Wildman–Crippen MR) is 82.3 cm³/mol. The summed E-state index contributed by atoms with van der Waals surface area (Å²) in [4.78, 5) is 19.5. The second kappa shape index (κ2) is 7.53. The Labute approximate surface area is 124 Å². The molecule has 0 bridgehead atoms. The molecule has 1 heterocycles. The van der Waals surface area contributed by atoms with Crippen LogP contribution >= 0.6 is 0 Å². The van der Waals surface area contributed by atoms with Gasteiger partial charge in [-0.25, -0.2) is 14.8 Å². The standard InChI is InChI=1S/C17H20N2O2/c1-2-3-4-5-6-13-11-18-16(19-12-13)14-7-9-15(10-8-14)17(20)21/h7-12H,2-6H2,1H3,(H,20,21). The third kappa shape index (κ3) is 4.38. The minimum atomic E-state index is -0.926. The smallest absolute Gasteiger partial charge is 0.335 e. The molecule has 0 unspecified atom stereocenters. The zero-order valence-corrected chi connectivity index (χ0v) is 12.2. The van der Waals surface area contributed by atoms with Crippen LogP contribution in [0.3, 0.4) is 0 Å². The van der Waals surface area contributed by atoms with Gasteiger partial charge in [-0.3, -0.25) is 0 Å². The molecule has 1 N–H and O–H groups in total. The van der Waals surface area contributed by atoms with Gasteiger partial charge in [-0.1, -0.05) is 38.3 Å². The molecule has 21 heavy (non-hydrogen) atoms. The van der Waals surface area contributed by atoms with Gasteiger partial charge in [0, 0.05) is 18.0 Å². The van der Waals surface area contributed by atoms with Crippen molar-refractivity contribution in [2.24, 2.45) is 0 Å². The topological polar surface area (TPSA) is 63.1 Å². The highest BCUT2D eigenvalue weighted by Gasteiger charge is 2.05. The molecule has 0 aliphatic carbocycles. The summed E-state index contributed by atoms with van der Waals surface area (Å²) in [6.45, 7) is 2.20. The molecule has 0 amide bonds. The normalized spacial score (nSPS) is 10.5. The number of carbonyl (C=O) groups is 1. The van der Waals surface area contributed by atoms with Crippen LogP contribution in [0.5, 0.6) is 0 Å². The summed E-state index contributed by atoms with van der Waals surface area (Å²) < 4.78 is 0. The fourth-order valence-corrected chi connectivity index (χ4v) is 2.15. The van der Waals surface area contributed by atoms with E-state index in [0.717, 1.165) is 17.5 Å². The number of unbranched alkanes of at least 4 members (excludes halogenated alkanes) is 3. The highest BCUT2D eigenvalue weighted by Crippen LogP contribution is 2.16. The SMILES string of the molecule is CCCCCCc1cnc(-c2ccc(C(=O)O)cc2)nc1. The van der Waals surface area contributed by atoms with Gasteiger partial charge in [-0.05, 0) is 30.5 Å². The van der Waals surface area contributed by atoms with Crippen molar-refractivity contribution in [1.82, 2.24) is 9.97 Å². The maximum Gasteiger partial charge on any atom is 0.335 e. The Morgan fingerprint density at radius 2 is 1.71 bits per heavy atom. The molecule has 0 aliphatic heterocycles. The minimum Gasteiger partial charge on any atom is -0.478 e. The van der Waals surface area contributed by atoms with Crippen molar-refractivity contribution in [3.8, 4) is 11.4 Å². The Morgan fingerprint density at radius 3 is 2.29 bits per heavy atom. The van der Waals surface area contributed by atoms with Crippen LogP contribution in [0.25, 0.3) is 11.4 Å². The maximum atomic E-state index is 10.8. The van der Waals surface area contributed by atoms with Crippen LogP contribution in [-0.4, -0.2) is 21.0 Å². The molecule has 2 rings (SSSR count). The van der Waals surface area contributed by atoms with Crippen molar-refractivity contribution in [3.05, 3.63) is 47.8 Å². The van der Waals surface area contributed by atoms with Gasteiger partial charge in [0.1, 0.15) is 0 Å². The van der Waals surface area contributed by atoms with Crippen molar-refractivity contribution in [2.45, 2.75) is 39.0 Å². The number of hydrogen-bond acceptors (Lipinski definition) is 3. The first kappa shape index (κ1) is 15.2. The van der Waals surface area contributed by atoms with Crippen LogP contribution in [0.4, 0.5) is 0 Å². The van der Waals surface area contributed by atoms with Gasteiger partial charge in [-0.2, -0.15) is 0 Å². The number of rotatable bonds is 7. The molecule has 0 spiro atoms. The second-order valence-corrected chi connectivity index (χ2v) is 5.11. The van der Waals surface area contributed by atoms with Gasteiger partial charge in [0.15, 0.2) is 5.82 Å². The number of benzene rings is 1. The molecular formula is C17H20N2O2. The van der Waals surface area contributed by atoms with Gasteiger partial charge < -0.3 is 5.11 Å². The minimum absolute atomic E-state index is 0.270. The molecule has 4 heteroatoms. The van der Waals surface area contributed by atoms with E-state index in [1.54, 1.807) is 24.3 Å². The lowest BCUT2D eigenvalue weighted by atomic mass is 10.1. The average Bonchev–Trinajstić information content (AvgIpc) is 2.52. The summed E-state index contributed by atoms with van der Waals surface area (Å²) in [6, 6.07) is 6.61. The van der Waals surface area contributed by atoms with Gasteiger partial charge in [0.2, 0.25) is 0 Å². The lowest BCUT2D eigenvalue weighted by molar-refractivity contribution is 0.0697. The van der Waals surface area contributed by atoms with Crippen LogP contribution in [0, 0.1) is 0 Å². The van der Waals surface area contributed by atoms with Crippen LogP contribution in [0.1, 0.15) is 48.5 Å². The number of nitrogens with zero attached hydrogens (tertiary/aromatic N) is 2. The van der Waals surface area contributed by atoms with Crippen molar-refractivity contribution in [2.75, 3.05) is 0 Å². The predicted octanol–water partition coefficient (Wildman–Crippen LogP) is 3.96. The Balaban J connectivity index is 1.99. The van der Waals surface area contributed by atoms with E-state index in [-0.39, 0.29) is 5.56 Å². The van der Waals surface area contributed by atoms with E-state index in [1.165, 1.54) is 25.7 Å². The van der Waals surface area contributed by atoms with Crippen LogP contribution < -0.4 is 0 Å². The Kier molecular flexibility index (Phi) is 5.43. The Bertz CT molecular complexity index is 577. The quantitative estimate of drug-likeness (QED) is 0.781. The number of carboxylic acid groups (broad SMARTS) is 1. The van der Waals surface area contributed by atoms with Crippen LogP contribution in [-0.2, 0) is 6.42 Å². The van der Waals surface area contributed by atoms with Crippen molar-refractivity contribution in [1.29, 1.82) is 0 Å². The molecular weight excluding hydrogens is 264 g/mol. The van der Waals surface area contributed by atoms with Gasteiger partial charge in [0.05, 0.1) is 5.56 Å². The van der Waals surface area contributed by atoms with E-state index in [4.69, 9.17) is 5.11 Å². The molecule has 0 saturated heterocycles.